The van der Waals surface area contributed by atoms with E-state index in [1.807, 2.05) is 11.8 Å². The number of thioether (sulfide) groups is 1. The van der Waals surface area contributed by atoms with Gasteiger partial charge in [0.05, 0.1) is 0 Å². The molecule has 12 heavy (non-hydrogen) atoms. The molecular formula is C9H22N2S. The largest absolute Gasteiger partial charge is 0.313 e. The maximum Gasteiger partial charge on any atom is 0.0164 e. The van der Waals surface area contributed by atoms with Crippen molar-refractivity contribution < 1.29 is 0 Å². The molecule has 1 unspecified atom stereocenters. The molecular weight excluding hydrogens is 168 g/mol. The highest BCUT2D eigenvalue weighted by Gasteiger charge is 2.00. The molecule has 0 aromatic rings. The molecule has 0 radical (unpaired) electrons. The molecule has 0 saturated carbocycles. The van der Waals surface area contributed by atoms with E-state index in [4.69, 9.17) is 0 Å². The average Bonchev–Trinajstić information content (AvgIpc) is 2.01. The lowest BCUT2D eigenvalue weighted by Gasteiger charge is -2.15. The third-order valence-corrected chi connectivity index (χ3v) is 2.24. The second-order valence-electron chi connectivity index (χ2n) is 3.41. The van der Waals surface area contributed by atoms with Gasteiger partial charge in [0.15, 0.2) is 0 Å². The molecule has 2 nitrogen and oxygen atoms in total. The Kier molecular flexibility index (Phi) is 8.07. The van der Waals surface area contributed by atoms with E-state index in [2.05, 4.69) is 37.7 Å². The van der Waals surface area contributed by atoms with Crippen LogP contribution in [0.5, 0.6) is 0 Å². The zero-order chi connectivity index (χ0) is 9.40. The van der Waals surface area contributed by atoms with Gasteiger partial charge in [-0.2, -0.15) is 11.8 Å². The van der Waals surface area contributed by atoms with Crippen molar-refractivity contribution in [2.24, 2.45) is 0 Å². The summed E-state index contributed by atoms with van der Waals surface area (Å²) in [6, 6.07) is 1.18. The maximum absolute atomic E-state index is 3.46. The Morgan fingerprint density at radius 1 is 1.17 bits per heavy atom. The fourth-order valence-corrected chi connectivity index (χ4v) is 1.21. The molecule has 0 rings (SSSR count). The maximum atomic E-state index is 3.46. The van der Waals surface area contributed by atoms with Crippen LogP contribution in [0.4, 0.5) is 0 Å². The van der Waals surface area contributed by atoms with Gasteiger partial charge in [0, 0.05) is 30.9 Å². The monoisotopic (exact) mass is 190 g/mol. The Labute approximate surface area is 80.9 Å². The fourth-order valence-electron chi connectivity index (χ4n) is 0.892. The lowest BCUT2D eigenvalue weighted by Crippen LogP contribution is -2.39. The van der Waals surface area contributed by atoms with Crippen molar-refractivity contribution in [2.45, 2.75) is 32.9 Å². The molecule has 0 aliphatic heterocycles. The number of nitrogens with one attached hydrogen (secondary N) is 2. The van der Waals surface area contributed by atoms with Crippen molar-refractivity contribution in [3.05, 3.63) is 0 Å². The first-order valence-corrected chi connectivity index (χ1v) is 6.02. The van der Waals surface area contributed by atoms with Crippen molar-refractivity contribution in [2.75, 3.05) is 25.1 Å². The first-order chi connectivity index (χ1) is 5.66. The summed E-state index contributed by atoms with van der Waals surface area (Å²) in [5, 5.41) is 6.86. The average molecular weight is 190 g/mol. The van der Waals surface area contributed by atoms with Crippen LogP contribution < -0.4 is 10.6 Å². The van der Waals surface area contributed by atoms with E-state index in [0.29, 0.717) is 12.1 Å². The van der Waals surface area contributed by atoms with Gasteiger partial charge < -0.3 is 10.6 Å². The highest BCUT2D eigenvalue weighted by molar-refractivity contribution is 7.98. The summed E-state index contributed by atoms with van der Waals surface area (Å²) >= 11 is 1.89. The minimum absolute atomic E-state index is 0.583. The first-order valence-electron chi connectivity index (χ1n) is 4.62. The molecule has 0 aliphatic rings. The minimum atomic E-state index is 0.583. The fraction of sp³-hybridized carbons (Fsp3) is 1.00. The van der Waals surface area contributed by atoms with E-state index >= 15 is 0 Å². The van der Waals surface area contributed by atoms with E-state index in [-0.39, 0.29) is 0 Å². The second-order valence-corrected chi connectivity index (χ2v) is 4.40. The molecule has 2 N–H and O–H groups in total. The van der Waals surface area contributed by atoms with Gasteiger partial charge in [0.1, 0.15) is 0 Å². The molecule has 0 aliphatic carbocycles. The van der Waals surface area contributed by atoms with Gasteiger partial charge in [-0.05, 0) is 13.2 Å². The molecule has 0 amide bonds. The highest BCUT2D eigenvalue weighted by Crippen LogP contribution is 1.88. The van der Waals surface area contributed by atoms with Crippen molar-refractivity contribution in [1.82, 2.24) is 10.6 Å². The Bertz CT molecular complexity index is 96.5. The minimum Gasteiger partial charge on any atom is -0.313 e. The Hall–Kier alpha value is 0.270. The van der Waals surface area contributed by atoms with Crippen molar-refractivity contribution in [3.63, 3.8) is 0 Å². The van der Waals surface area contributed by atoms with Gasteiger partial charge in [0.25, 0.3) is 0 Å². The van der Waals surface area contributed by atoms with Crippen LogP contribution in [-0.4, -0.2) is 37.2 Å². The summed E-state index contributed by atoms with van der Waals surface area (Å²) in [4.78, 5) is 0. The summed E-state index contributed by atoms with van der Waals surface area (Å²) in [6.07, 6.45) is 2.14. The van der Waals surface area contributed by atoms with Gasteiger partial charge in [-0.15, -0.1) is 0 Å². The summed E-state index contributed by atoms with van der Waals surface area (Å²) in [6.45, 7) is 8.74. The summed E-state index contributed by atoms with van der Waals surface area (Å²) in [5.41, 5.74) is 0. The smallest absolute Gasteiger partial charge is 0.0164 e. The van der Waals surface area contributed by atoms with Crippen molar-refractivity contribution >= 4 is 11.8 Å². The molecule has 0 fully saturated rings. The van der Waals surface area contributed by atoms with Crippen LogP contribution in [0.25, 0.3) is 0 Å². The van der Waals surface area contributed by atoms with Crippen LogP contribution in [-0.2, 0) is 0 Å². The van der Waals surface area contributed by atoms with Crippen LogP contribution >= 0.6 is 11.8 Å². The second kappa shape index (κ2) is 7.90. The van der Waals surface area contributed by atoms with E-state index in [9.17, 15) is 0 Å². The van der Waals surface area contributed by atoms with E-state index < -0.39 is 0 Å². The van der Waals surface area contributed by atoms with Crippen LogP contribution in [0.15, 0.2) is 0 Å². The zero-order valence-corrected chi connectivity index (χ0v) is 9.50. The van der Waals surface area contributed by atoms with Crippen molar-refractivity contribution in [1.29, 1.82) is 0 Å². The van der Waals surface area contributed by atoms with Gasteiger partial charge in [-0.1, -0.05) is 13.8 Å². The Morgan fingerprint density at radius 3 is 2.33 bits per heavy atom. The highest BCUT2D eigenvalue weighted by atomic mass is 32.2. The normalized spacial score (nSPS) is 13.8. The lowest BCUT2D eigenvalue weighted by atomic mass is 10.3. The van der Waals surface area contributed by atoms with E-state index in [0.717, 1.165) is 13.1 Å². The standard InChI is InChI=1S/C9H22N2S/c1-8(2)11-7-9(3)10-5-6-12-4/h8-11H,5-7H2,1-4H3. The zero-order valence-electron chi connectivity index (χ0n) is 8.68. The summed E-state index contributed by atoms with van der Waals surface area (Å²) in [5.74, 6) is 1.20. The van der Waals surface area contributed by atoms with Gasteiger partial charge in [0.2, 0.25) is 0 Å². The molecule has 3 heteroatoms. The predicted molar refractivity (Wildman–Crippen MR) is 59.0 cm³/mol. The van der Waals surface area contributed by atoms with Gasteiger partial charge >= 0.3 is 0 Å². The molecule has 0 spiro atoms. The van der Waals surface area contributed by atoms with Gasteiger partial charge in [-0.3, -0.25) is 0 Å². The molecule has 74 valence electrons. The Balaban J connectivity index is 3.15. The molecule has 0 bridgehead atoms. The number of rotatable bonds is 7. The van der Waals surface area contributed by atoms with Gasteiger partial charge in [-0.25, -0.2) is 0 Å². The Morgan fingerprint density at radius 2 is 1.83 bits per heavy atom. The third kappa shape index (κ3) is 8.37. The van der Waals surface area contributed by atoms with Crippen LogP contribution in [0.1, 0.15) is 20.8 Å². The van der Waals surface area contributed by atoms with Crippen LogP contribution in [0, 0.1) is 0 Å². The summed E-state index contributed by atoms with van der Waals surface area (Å²) in [7, 11) is 0. The third-order valence-electron chi connectivity index (χ3n) is 1.63. The predicted octanol–water partition coefficient (Wildman–Crippen LogP) is 1.33. The lowest BCUT2D eigenvalue weighted by molar-refractivity contribution is 0.485. The quantitative estimate of drug-likeness (QED) is 0.592. The topological polar surface area (TPSA) is 24.1 Å². The van der Waals surface area contributed by atoms with Crippen LogP contribution in [0.3, 0.4) is 0 Å². The number of hydrogen-bond acceptors (Lipinski definition) is 3. The summed E-state index contributed by atoms with van der Waals surface area (Å²) < 4.78 is 0. The first kappa shape index (κ1) is 12.3. The molecule has 0 saturated heterocycles. The number of hydrogen-bond donors (Lipinski definition) is 2. The molecule has 0 aromatic carbocycles. The van der Waals surface area contributed by atoms with E-state index in [1.165, 1.54) is 5.75 Å². The molecule has 0 heterocycles. The SMILES string of the molecule is CSCCNC(C)CNC(C)C. The molecule has 0 aromatic heterocycles. The molecule has 1 atom stereocenters. The van der Waals surface area contributed by atoms with E-state index in [1.54, 1.807) is 0 Å². The van der Waals surface area contributed by atoms with Crippen LogP contribution in [0.2, 0.25) is 0 Å². The van der Waals surface area contributed by atoms with Crippen molar-refractivity contribution in [3.8, 4) is 0 Å².